The van der Waals surface area contributed by atoms with Crippen LogP contribution in [0.25, 0.3) is 0 Å². The van der Waals surface area contributed by atoms with E-state index in [1.54, 1.807) is 24.3 Å². The van der Waals surface area contributed by atoms with E-state index in [0.29, 0.717) is 21.1 Å². The fourth-order valence-corrected chi connectivity index (χ4v) is 2.14. The van der Waals surface area contributed by atoms with Gasteiger partial charge in [-0.2, -0.15) is 0 Å². The monoisotopic (exact) mass is 355 g/mol. The van der Waals surface area contributed by atoms with E-state index >= 15 is 0 Å². The number of hydrogen-bond acceptors (Lipinski definition) is 4. The van der Waals surface area contributed by atoms with Crippen LogP contribution in [0.2, 0.25) is 5.02 Å². The lowest BCUT2D eigenvalue weighted by Crippen LogP contribution is -2.08. The van der Waals surface area contributed by atoms with Crippen LogP contribution in [0.5, 0.6) is 5.75 Å². The highest BCUT2D eigenvalue weighted by Crippen LogP contribution is 2.23. The molecule has 0 saturated heterocycles. The Morgan fingerprint density at radius 1 is 1.35 bits per heavy atom. The first-order valence-electron chi connectivity index (χ1n) is 5.72. The average molecular weight is 357 g/mol. The quantitative estimate of drug-likeness (QED) is 0.616. The maximum atomic E-state index is 12.0. The summed E-state index contributed by atoms with van der Waals surface area (Å²) in [5.41, 5.74) is 0.934. The summed E-state index contributed by atoms with van der Waals surface area (Å²) in [5, 5.41) is 0.443. The molecule has 104 valence electrons. The zero-order chi connectivity index (χ0) is 14.5. The van der Waals surface area contributed by atoms with E-state index in [1.165, 1.54) is 13.2 Å². The molecule has 0 radical (unpaired) electrons. The number of hydrogen-bond donors (Lipinski definition) is 0. The van der Waals surface area contributed by atoms with Gasteiger partial charge in [0.05, 0.1) is 12.8 Å². The zero-order valence-corrected chi connectivity index (χ0v) is 12.9. The second-order valence-corrected chi connectivity index (χ2v) is 5.12. The maximum absolute atomic E-state index is 12.0. The SMILES string of the molecule is COc1ccc(Cl)cc1C(=O)OCc1cccc(Br)n1. The Hall–Kier alpha value is -1.59. The van der Waals surface area contributed by atoms with E-state index in [2.05, 4.69) is 20.9 Å². The van der Waals surface area contributed by atoms with Gasteiger partial charge in [0.15, 0.2) is 0 Å². The molecule has 0 fully saturated rings. The number of carbonyl (C=O) groups excluding carboxylic acids is 1. The van der Waals surface area contributed by atoms with Gasteiger partial charge in [0.25, 0.3) is 0 Å². The van der Waals surface area contributed by atoms with Crippen LogP contribution in [0.3, 0.4) is 0 Å². The smallest absolute Gasteiger partial charge is 0.342 e. The van der Waals surface area contributed by atoms with Crippen molar-refractivity contribution in [2.24, 2.45) is 0 Å². The lowest BCUT2D eigenvalue weighted by atomic mass is 10.2. The van der Waals surface area contributed by atoms with Crippen molar-refractivity contribution < 1.29 is 14.3 Å². The summed E-state index contributed by atoms with van der Waals surface area (Å²) in [7, 11) is 1.48. The fourth-order valence-electron chi connectivity index (χ4n) is 1.59. The van der Waals surface area contributed by atoms with Crippen molar-refractivity contribution in [3.05, 3.63) is 57.3 Å². The molecule has 20 heavy (non-hydrogen) atoms. The number of benzene rings is 1. The van der Waals surface area contributed by atoms with Crippen molar-refractivity contribution >= 4 is 33.5 Å². The summed E-state index contributed by atoms with van der Waals surface area (Å²) in [6.45, 7) is 0.0773. The van der Waals surface area contributed by atoms with Crippen LogP contribution in [-0.2, 0) is 11.3 Å². The molecule has 0 amide bonds. The predicted molar refractivity (Wildman–Crippen MR) is 79.1 cm³/mol. The van der Waals surface area contributed by atoms with Gasteiger partial charge in [-0.25, -0.2) is 9.78 Å². The molecule has 1 aromatic heterocycles. The van der Waals surface area contributed by atoms with Crippen LogP contribution in [0.4, 0.5) is 0 Å². The highest BCUT2D eigenvalue weighted by atomic mass is 79.9. The Bertz CT molecular complexity index is 634. The summed E-state index contributed by atoms with van der Waals surface area (Å²) in [4.78, 5) is 16.2. The number of esters is 1. The molecular weight excluding hydrogens is 346 g/mol. The molecule has 0 bridgehead atoms. The minimum Gasteiger partial charge on any atom is -0.496 e. The van der Waals surface area contributed by atoms with Gasteiger partial charge in [-0.15, -0.1) is 0 Å². The van der Waals surface area contributed by atoms with Crippen LogP contribution in [0.1, 0.15) is 16.1 Å². The highest BCUT2D eigenvalue weighted by Gasteiger charge is 2.14. The van der Waals surface area contributed by atoms with Gasteiger partial charge < -0.3 is 9.47 Å². The van der Waals surface area contributed by atoms with Crippen LogP contribution in [0, 0.1) is 0 Å². The molecule has 0 N–H and O–H groups in total. The Morgan fingerprint density at radius 2 is 2.15 bits per heavy atom. The zero-order valence-electron chi connectivity index (χ0n) is 10.6. The van der Waals surface area contributed by atoms with E-state index < -0.39 is 5.97 Å². The number of ether oxygens (including phenoxy) is 2. The molecule has 1 heterocycles. The minimum atomic E-state index is -0.508. The molecule has 4 nitrogen and oxygen atoms in total. The Balaban J connectivity index is 2.10. The Morgan fingerprint density at radius 3 is 2.85 bits per heavy atom. The summed E-state index contributed by atoms with van der Waals surface area (Å²) >= 11 is 9.13. The summed E-state index contributed by atoms with van der Waals surface area (Å²) in [6, 6.07) is 10.2. The van der Waals surface area contributed by atoms with Crippen molar-refractivity contribution in [1.29, 1.82) is 0 Å². The van der Waals surface area contributed by atoms with Gasteiger partial charge in [0.1, 0.15) is 22.5 Å². The first-order valence-corrected chi connectivity index (χ1v) is 6.89. The predicted octanol–water partition coefficient (Wildman–Crippen LogP) is 3.86. The standard InChI is InChI=1S/C14H11BrClNO3/c1-19-12-6-5-9(16)7-11(12)14(18)20-8-10-3-2-4-13(15)17-10/h2-7H,8H2,1H3. The van der Waals surface area contributed by atoms with E-state index in [0.717, 1.165) is 0 Å². The third kappa shape index (κ3) is 3.71. The normalized spacial score (nSPS) is 10.2. The van der Waals surface area contributed by atoms with Gasteiger partial charge in [-0.1, -0.05) is 17.7 Å². The second-order valence-electron chi connectivity index (χ2n) is 3.87. The number of methoxy groups -OCH3 is 1. The Kier molecular flexibility index (Phi) is 4.98. The van der Waals surface area contributed by atoms with E-state index in [4.69, 9.17) is 21.1 Å². The van der Waals surface area contributed by atoms with E-state index in [1.807, 2.05) is 6.07 Å². The first-order chi connectivity index (χ1) is 9.60. The van der Waals surface area contributed by atoms with Crippen molar-refractivity contribution in [2.45, 2.75) is 6.61 Å². The number of nitrogens with zero attached hydrogens (tertiary/aromatic N) is 1. The largest absolute Gasteiger partial charge is 0.496 e. The third-order valence-electron chi connectivity index (χ3n) is 2.51. The summed E-state index contributed by atoms with van der Waals surface area (Å²) < 4.78 is 11.0. The van der Waals surface area contributed by atoms with Crippen LogP contribution < -0.4 is 4.74 Å². The Labute approximate surface area is 129 Å². The van der Waals surface area contributed by atoms with Gasteiger partial charge >= 0.3 is 5.97 Å². The molecule has 2 rings (SSSR count). The number of carbonyl (C=O) groups is 1. The second kappa shape index (κ2) is 6.72. The molecule has 6 heteroatoms. The third-order valence-corrected chi connectivity index (χ3v) is 3.18. The number of aromatic nitrogens is 1. The van der Waals surface area contributed by atoms with Crippen molar-refractivity contribution in [3.63, 3.8) is 0 Å². The molecule has 0 atom stereocenters. The van der Waals surface area contributed by atoms with Crippen molar-refractivity contribution in [2.75, 3.05) is 7.11 Å². The van der Waals surface area contributed by atoms with E-state index in [-0.39, 0.29) is 12.2 Å². The topological polar surface area (TPSA) is 48.4 Å². The van der Waals surface area contributed by atoms with E-state index in [9.17, 15) is 4.79 Å². The molecule has 0 aliphatic heterocycles. The molecule has 0 aliphatic carbocycles. The van der Waals surface area contributed by atoms with Gasteiger partial charge in [0, 0.05) is 5.02 Å². The average Bonchev–Trinajstić information content (AvgIpc) is 2.45. The fraction of sp³-hybridized carbons (Fsp3) is 0.143. The molecule has 0 aliphatic rings. The van der Waals surface area contributed by atoms with Crippen LogP contribution in [0.15, 0.2) is 41.0 Å². The molecular formula is C14H11BrClNO3. The summed E-state index contributed by atoms with van der Waals surface area (Å²) in [6.07, 6.45) is 0. The number of halogens is 2. The minimum absolute atomic E-state index is 0.0773. The molecule has 2 aromatic rings. The lowest BCUT2D eigenvalue weighted by Gasteiger charge is -2.09. The van der Waals surface area contributed by atoms with Crippen LogP contribution >= 0.6 is 27.5 Å². The first kappa shape index (κ1) is 14.8. The van der Waals surface area contributed by atoms with Gasteiger partial charge in [0.2, 0.25) is 0 Å². The maximum Gasteiger partial charge on any atom is 0.342 e. The lowest BCUT2D eigenvalue weighted by molar-refractivity contribution is 0.0464. The van der Waals surface area contributed by atoms with Gasteiger partial charge in [-0.05, 0) is 46.3 Å². The number of pyridine rings is 1. The van der Waals surface area contributed by atoms with Crippen molar-refractivity contribution in [3.8, 4) is 5.75 Å². The molecule has 1 aromatic carbocycles. The molecule has 0 unspecified atom stereocenters. The molecule has 0 saturated carbocycles. The number of rotatable bonds is 4. The highest BCUT2D eigenvalue weighted by molar-refractivity contribution is 9.10. The van der Waals surface area contributed by atoms with Crippen molar-refractivity contribution in [1.82, 2.24) is 4.98 Å². The van der Waals surface area contributed by atoms with Gasteiger partial charge in [-0.3, -0.25) is 0 Å². The molecule has 0 spiro atoms. The van der Waals surface area contributed by atoms with Crippen LogP contribution in [-0.4, -0.2) is 18.1 Å². The summed E-state index contributed by atoms with van der Waals surface area (Å²) in [5.74, 6) is -0.0901.